The Balaban J connectivity index is 2.53. The van der Waals surface area contributed by atoms with Gasteiger partial charge in [-0.25, -0.2) is 4.79 Å². The van der Waals surface area contributed by atoms with Crippen molar-refractivity contribution in [2.75, 3.05) is 19.7 Å². The fraction of sp³-hybridized carbons (Fsp3) is 0.438. The first kappa shape index (κ1) is 33.9. The lowest BCUT2D eigenvalue weighted by Gasteiger charge is -2.34. The van der Waals surface area contributed by atoms with Crippen LogP contribution in [0.25, 0.3) is 0 Å². The minimum atomic E-state index is -1.12. The lowest BCUT2D eigenvalue weighted by atomic mass is 9.94. The number of aromatic hydroxyl groups is 1. The normalized spacial score (nSPS) is 12.4. The van der Waals surface area contributed by atoms with E-state index in [-0.39, 0.29) is 38.3 Å². The number of carbonyl (C=O) groups is 4. The number of aryl methyl sites for hydroxylation is 1. The van der Waals surface area contributed by atoms with E-state index < -0.39 is 41.6 Å². The van der Waals surface area contributed by atoms with Crippen LogP contribution in [0.3, 0.4) is 0 Å². The average Bonchev–Trinajstić information content (AvgIpc) is 2.90. The highest BCUT2D eigenvalue weighted by Gasteiger charge is 2.36. The highest BCUT2D eigenvalue weighted by Crippen LogP contribution is 2.28. The minimum Gasteiger partial charge on any atom is -0.508 e. The number of hydrogen-bond donors (Lipinski definition) is 3. The van der Waals surface area contributed by atoms with E-state index in [1.54, 1.807) is 52.0 Å². The summed E-state index contributed by atoms with van der Waals surface area (Å²) in [6.07, 6.45) is 0.752. The van der Waals surface area contributed by atoms with Gasteiger partial charge in [0.1, 0.15) is 23.4 Å². The fourth-order valence-corrected chi connectivity index (χ4v) is 4.32. The van der Waals surface area contributed by atoms with Gasteiger partial charge in [0.2, 0.25) is 11.8 Å². The number of phenols is 1. The molecule has 2 aromatic rings. The maximum atomic E-state index is 14.3. The Morgan fingerprint density at radius 3 is 2.33 bits per heavy atom. The van der Waals surface area contributed by atoms with Crippen molar-refractivity contribution in [1.29, 1.82) is 0 Å². The summed E-state index contributed by atoms with van der Waals surface area (Å²) in [4.78, 5) is 54.1. The van der Waals surface area contributed by atoms with E-state index >= 15 is 0 Å². The maximum absolute atomic E-state index is 14.3. The number of rotatable bonds is 13. The van der Waals surface area contributed by atoms with Gasteiger partial charge in [-0.15, -0.1) is 6.58 Å². The molecule has 2 aromatic carbocycles. The predicted octanol–water partition coefficient (Wildman–Crippen LogP) is 4.27. The first-order chi connectivity index (χ1) is 19.8. The topological polar surface area (TPSA) is 134 Å². The summed E-state index contributed by atoms with van der Waals surface area (Å²) in [5, 5.41) is 15.2. The molecule has 0 aliphatic carbocycles. The number of ether oxygens (including phenoxy) is 2. The Hall–Kier alpha value is -4.34. The summed E-state index contributed by atoms with van der Waals surface area (Å²) in [5.41, 5.74) is 2.20. The van der Waals surface area contributed by atoms with Gasteiger partial charge in [-0.1, -0.05) is 36.4 Å². The number of esters is 1. The third-order valence-electron chi connectivity index (χ3n) is 6.41. The van der Waals surface area contributed by atoms with Crippen LogP contribution in [-0.2, 0) is 30.3 Å². The van der Waals surface area contributed by atoms with Crippen LogP contribution in [0.5, 0.6) is 5.75 Å². The molecule has 0 aromatic heterocycles. The molecule has 2 rings (SSSR count). The monoisotopic (exact) mass is 581 g/mol. The van der Waals surface area contributed by atoms with E-state index in [1.165, 1.54) is 23.1 Å². The van der Waals surface area contributed by atoms with Crippen molar-refractivity contribution in [3.63, 3.8) is 0 Å². The van der Waals surface area contributed by atoms with E-state index in [1.807, 2.05) is 19.9 Å². The minimum absolute atomic E-state index is 0.00967. The largest absolute Gasteiger partial charge is 0.508 e. The molecular formula is C32H43N3O7. The number of hydrogen-bond acceptors (Lipinski definition) is 7. The molecule has 0 heterocycles. The summed E-state index contributed by atoms with van der Waals surface area (Å²) >= 11 is 0. The summed E-state index contributed by atoms with van der Waals surface area (Å²) < 4.78 is 10.4. The van der Waals surface area contributed by atoms with Crippen molar-refractivity contribution in [3.05, 3.63) is 77.4 Å². The van der Waals surface area contributed by atoms with Gasteiger partial charge in [0, 0.05) is 19.5 Å². The number of nitrogens with zero attached hydrogens (tertiary/aromatic N) is 1. The van der Waals surface area contributed by atoms with Crippen molar-refractivity contribution in [2.45, 2.75) is 72.1 Å². The highest BCUT2D eigenvalue weighted by molar-refractivity contribution is 5.92. The number of benzene rings is 2. The van der Waals surface area contributed by atoms with Crippen molar-refractivity contribution in [3.8, 4) is 5.75 Å². The first-order valence-electron chi connectivity index (χ1n) is 14.0. The van der Waals surface area contributed by atoms with Crippen LogP contribution >= 0.6 is 0 Å². The average molecular weight is 582 g/mol. The molecule has 0 aliphatic rings. The number of nitrogens with one attached hydrogen (secondary N) is 2. The Morgan fingerprint density at radius 2 is 1.74 bits per heavy atom. The Morgan fingerprint density at radius 1 is 1.07 bits per heavy atom. The number of amides is 3. The molecule has 0 saturated carbocycles. The zero-order valence-electron chi connectivity index (χ0n) is 25.4. The Labute approximate surface area is 248 Å². The van der Waals surface area contributed by atoms with Crippen LogP contribution in [-0.4, -0.2) is 65.2 Å². The standard InChI is InChI=1S/C32H43N3O7/c1-8-19-35(28(25-12-10-11-21(3)22(25)4)29(38)33-18-17-27(37)41-9-2)30(39)26(34-31(40)42-32(5,6)7)20-23-13-15-24(36)16-14-23/h8,10-16,26,28,36H,1,9,17-20H2,2-7H3,(H,33,38)(H,34,40). The van der Waals surface area contributed by atoms with Crippen LogP contribution < -0.4 is 10.6 Å². The quantitative estimate of drug-likeness (QED) is 0.238. The Bertz CT molecular complexity index is 1250. The van der Waals surface area contributed by atoms with Crippen molar-refractivity contribution >= 4 is 23.9 Å². The summed E-state index contributed by atoms with van der Waals surface area (Å²) in [6, 6.07) is 9.54. The number of carbonyl (C=O) groups excluding carboxylic acids is 4. The second-order valence-corrected chi connectivity index (χ2v) is 10.9. The predicted molar refractivity (Wildman–Crippen MR) is 160 cm³/mol. The molecule has 0 bridgehead atoms. The molecule has 3 N–H and O–H groups in total. The lowest BCUT2D eigenvalue weighted by molar-refractivity contribution is -0.144. The van der Waals surface area contributed by atoms with Gasteiger partial charge < -0.3 is 30.1 Å². The lowest BCUT2D eigenvalue weighted by Crippen LogP contribution is -2.54. The number of phenolic OH excluding ortho intramolecular Hbond substituents is 1. The Kier molecular flexibility index (Phi) is 12.6. The third-order valence-corrected chi connectivity index (χ3v) is 6.41. The van der Waals surface area contributed by atoms with Crippen molar-refractivity contribution in [2.24, 2.45) is 0 Å². The van der Waals surface area contributed by atoms with Gasteiger partial charge in [-0.05, 0) is 75.9 Å². The molecule has 0 fully saturated rings. The van der Waals surface area contributed by atoms with Crippen LogP contribution in [0.4, 0.5) is 4.79 Å². The molecule has 2 atom stereocenters. The van der Waals surface area contributed by atoms with Gasteiger partial charge in [-0.3, -0.25) is 14.4 Å². The smallest absolute Gasteiger partial charge is 0.408 e. The molecule has 10 heteroatoms. The molecule has 0 aliphatic heterocycles. The van der Waals surface area contributed by atoms with Gasteiger partial charge in [0.15, 0.2) is 0 Å². The SMILES string of the molecule is C=CCN(C(=O)C(Cc1ccc(O)cc1)NC(=O)OC(C)(C)C)C(C(=O)NCCC(=O)OCC)c1cccc(C)c1C. The van der Waals surface area contributed by atoms with E-state index in [2.05, 4.69) is 17.2 Å². The summed E-state index contributed by atoms with van der Waals surface area (Å²) in [5.74, 6) is -1.43. The van der Waals surface area contributed by atoms with Gasteiger partial charge >= 0.3 is 12.1 Å². The van der Waals surface area contributed by atoms with Crippen LogP contribution in [0.1, 0.15) is 62.4 Å². The molecule has 0 radical (unpaired) electrons. The molecule has 2 unspecified atom stereocenters. The van der Waals surface area contributed by atoms with Crippen LogP contribution in [0.2, 0.25) is 0 Å². The molecule has 42 heavy (non-hydrogen) atoms. The molecule has 10 nitrogen and oxygen atoms in total. The molecule has 3 amide bonds. The highest BCUT2D eigenvalue weighted by atomic mass is 16.6. The third kappa shape index (κ3) is 10.2. The first-order valence-corrected chi connectivity index (χ1v) is 14.0. The van der Waals surface area contributed by atoms with E-state index in [0.29, 0.717) is 11.1 Å². The van der Waals surface area contributed by atoms with E-state index in [0.717, 1.165) is 11.1 Å². The van der Waals surface area contributed by atoms with E-state index in [9.17, 15) is 24.3 Å². The van der Waals surface area contributed by atoms with Crippen LogP contribution in [0.15, 0.2) is 55.1 Å². The fourth-order valence-electron chi connectivity index (χ4n) is 4.32. The maximum Gasteiger partial charge on any atom is 0.408 e. The van der Waals surface area contributed by atoms with E-state index in [4.69, 9.17) is 9.47 Å². The van der Waals surface area contributed by atoms with Crippen LogP contribution in [0, 0.1) is 13.8 Å². The number of alkyl carbamates (subject to hydrolysis) is 1. The van der Waals surface area contributed by atoms with Crippen molar-refractivity contribution in [1.82, 2.24) is 15.5 Å². The molecule has 228 valence electrons. The van der Waals surface area contributed by atoms with Gasteiger partial charge in [-0.2, -0.15) is 0 Å². The van der Waals surface area contributed by atoms with Gasteiger partial charge in [0.05, 0.1) is 13.0 Å². The molecular weight excluding hydrogens is 538 g/mol. The second-order valence-electron chi connectivity index (χ2n) is 10.9. The molecule has 0 saturated heterocycles. The van der Waals surface area contributed by atoms with Crippen molar-refractivity contribution < 1.29 is 33.8 Å². The zero-order valence-corrected chi connectivity index (χ0v) is 25.4. The molecule has 0 spiro atoms. The van der Waals surface area contributed by atoms with Gasteiger partial charge in [0.25, 0.3) is 0 Å². The summed E-state index contributed by atoms with van der Waals surface area (Å²) in [7, 11) is 0. The summed E-state index contributed by atoms with van der Waals surface area (Å²) in [6.45, 7) is 14.7. The second kappa shape index (κ2) is 15.6. The zero-order chi connectivity index (χ0) is 31.4.